The molecule has 0 bridgehead atoms. The van der Waals surface area contributed by atoms with Crippen LogP contribution in [0.3, 0.4) is 0 Å². The Morgan fingerprint density at radius 3 is 2.58 bits per heavy atom. The van der Waals surface area contributed by atoms with Gasteiger partial charge in [0.1, 0.15) is 0 Å². The van der Waals surface area contributed by atoms with E-state index < -0.39 is 0 Å². The Hall–Kier alpha value is -0.820. The minimum Gasteiger partial charge on any atom is -0.294 e. The van der Waals surface area contributed by atoms with Crippen LogP contribution < -0.4 is 0 Å². The highest BCUT2D eigenvalue weighted by atomic mass is 35.5. The molecule has 0 spiro atoms. The summed E-state index contributed by atoms with van der Waals surface area (Å²) in [6, 6.07) is 3.96. The van der Waals surface area contributed by atoms with E-state index in [1.165, 1.54) is 6.42 Å². The van der Waals surface area contributed by atoms with Crippen molar-refractivity contribution in [1.82, 2.24) is 0 Å². The van der Waals surface area contributed by atoms with Gasteiger partial charge in [0.05, 0.1) is 0 Å². The van der Waals surface area contributed by atoms with Gasteiger partial charge >= 0.3 is 0 Å². The number of hydrogen-bond donors (Lipinski definition) is 0. The summed E-state index contributed by atoms with van der Waals surface area (Å²) in [6.45, 7) is 8.74. The number of aryl methyl sites for hydroxylation is 1. The highest BCUT2D eigenvalue weighted by Gasteiger charge is 2.57. The predicted octanol–water partition coefficient (Wildman–Crippen LogP) is 4.93. The third-order valence-electron chi connectivity index (χ3n) is 5.37. The van der Waals surface area contributed by atoms with Crippen LogP contribution in [0.2, 0.25) is 5.02 Å². The minimum absolute atomic E-state index is 0.0698. The van der Waals surface area contributed by atoms with Gasteiger partial charge in [-0.15, -0.1) is 0 Å². The van der Waals surface area contributed by atoms with E-state index in [9.17, 15) is 4.79 Å². The fourth-order valence-electron chi connectivity index (χ4n) is 4.58. The van der Waals surface area contributed by atoms with E-state index in [0.717, 1.165) is 34.6 Å². The van der Waals surface area contributed by atoms with E-state index in [1.54, 1.807) is 0 Å². The van der Waals surface area contributed by atoms with Crippen LogP contribution in [0.4, 0.5) is 0 Å². The zero-order valence-electron chi connectivity index (χ0n) is 12.1. The van der Waals surface area contributed by atoms with E-state index in [4.69, 9.17) is 11.6 Å². The molecule has 0 aliphatic heterocycles. The number of hydrogen-bond acceptors (Lipinski definition) is 1. The number of halogens is 1. The van der Waals surface area contributed by atoms with Gasteiger partial charge in [-0.3, -0.25) is 4.79 Å². The van der Waals surface area contributed by atoms with Crippen molar-refractivity contribution >= 4 is 17.4 Å². The van der Waals surface area contributed by atoms with Crippen LogP contribution in [0.1, 0.15) is 61.5 Å². The van der Waals surface area contributed by atoms with Crippen molar-refractivity contribution in [2.75, 3.05) is 0 Å². The Labute approximate surface area is 120 Å². The Morgan fingerprint density at radius 2 is 1.89 bits per heavy atom. The maximum atomic E-state index is 12.9. The molecule has 1 saturated carbocycles. The molecule has 2 aliphatic rings. The van der Waals surface area contributed by atoms with E-state index in [-0.39, 0.29) is 16.7 Å². The summed E-state index contributed by atoms with van der Waals surface area (Å²) in [6.07, 6.45) is 3.38. The monoisotopic (exact) mass is 276 g/mol. The van der Waals surface area contributed by atoms with E-state index in [2.05, 4.69) is 20.8 Å². The molecule has 102 valence electrons. The fraction of sp³-hybridized carbons (Fsp3) is 0.588. The zero-order valence-corrected chi connectivity index (χ0v) is 12.9. The molecule has 0 aromatic heterocycles. The molecule has 2 atom stereocenters. The number of fused-ring (bicyclic) bond motifs is 3. The molecule has 1 aromatic carbocycles. The molecule has 0 heterocycles. The summed E-state index contributed by atoms with van der Waals surface area (Å²) in [5.41, 5.74) is 3.07. The number of ketones is 1. The van der Waals surface area contributed by atoms with Gasteiger partial charge in [0.25, 0.3) is 0 Å². The highest BCUT2D eigenvalue weighted by Crippen LogP contribution is 2.59. The second kappa shape index (κ2) is 3.85. The Morgan fingerprint density at radius 1 is 1.21 bits per heavy atom. The second-order valence-electron chi connectivity index (χ2n) is 7.18. The normalized spacial score (nSPS) is 32.1. The van der Waals surface area contributed by atoms with Crippen LogP contribution in [-0.2, 0) is 5.41 Å². The van der Waals surface area contributed by atoms with Gasteiger partial charge < -0.3 is 0 Å². The first kappa shape index (κ1) is 13.2. The zero-order chi connectivity index (χ0) is 14.0. The molecule has 2 unspecified atom stereocenters. The fourth-order valence-corrected chi connectivity index (χ4v) is 4.96. The molecular weight excluding hydrogens is 256 g/mol. The first-order chi connectivity index (χ1) is 8.79. The van der Waals surface area contributed by atoms with Crippen LogP contribution in [0.15, 0.2) is 12.1 Å². The lowest BCUT2D eigenvalue weighted by molar-refractivity contribution is 0.0500. The molecule has 0 radical (unpaired) electrons. The highest BCUT2D eigenvalue weighted by molar-refractivity contribution is 6.33. The molecule has 0 amide bonds. The summed E-state index contributed by atoms with van der Waals surface area (Å²) in [5, 5.41) is 0.813. The Kier molecular flexibility index (Phi) is 2.67. The van der Waals surface area contributed by atoms with Crippen molar-refractivity contribution < 1.29 is 4.79 Å². The third kappa shape index (κ3) is 1.57. The third-order valence-corrected chi connectivity index (χ3v) is 5.86. The van der Waals surface area contributed by atoms with Crippen molar-refractivity contribution in [2.24, 2.45) is 11.3 Å². The second-order valence-corrected chi connectivity index (χ2v) is 7.55. The summed E-state index contributed by atoms with van der Waals surface area (Å²) < 4.78 is 0. The summed E-state index contributed by atoms with van der Waals surface area (Å²) in [5.74, 6) is 0.396. The van der Waals surface area contributed by atoms with Crippen molar-refractivity contribution in [3.63, 3.8) is 0 Å². The first-order valence-corrected chi connectivity index (χ1v) is 7.50. The van der Waals surface area contributed by atoms with Crippen molar-refractivity contribution in [3.8, 4) is 0 Å². The molecule has 1 nitrogen and oxygen atoms in total. The smallest absolute Gasteiger partial charge is 0.167 e. The average Bonchev–Trinajstić information content (AvgIpc) is 2.53. The molecule has 1 aromatic rings. The molecule has 1 fully saturated rings. The lowest BCUT2D eigenvalue weighted by atomic mass is 9.56. The summed E-state index contributed by atoms with van der Waals surface area (Å²) in [4.78, 5) is 12.9. The number of carbonyl (C=O) groups excluding carboxylic acids is 1. The van der Waals surface area contributed by atoms with Gasteiger partial charge in [-0.2, -0.15) is 0 Å². The van der Waals surface area contributed by atoms with Gasteiger partial charge in [-0.05, 0) is 36.3 Å². The minimum atomic E-state index is -0.0722. The van der Waals surface area contributed by atoms with Crippen molar-refractivity contribution in [2.45, 2.75) is 52.4 Å². The lowest BCUT2D eigenvalue weighted by Crippen LogP contribution is -2.44. The van der Waals surface area contributed by atoms with E-state index in [1.807, 2.05) is 19.1 Å². The molecule has 0 N–H and O–H groups in total. The molecule has 2 heteroatoms. The van der Waals surface area contributed by atoms with Crippen LogP contribution in [0.25, 0.3) is 0 Å². The first-order valence-electron chi connectivity index (χ1n) is 7.13. The maximum Gasteiger partial charge on any atom is 0.167 e. The van der Waals surface area contributed by atoms with E-state index in [0.29, 0.717) is 5.78 Å². The van der Waals surface area contributed by atoms with Crippen LogP contribution in [-0.4, -0.2) is 5.78 Å². The van der Waals surface area contributed by atoms with E-state index >= 15 is 0 Å². The van der Waals surface area contributed by atoms with Crippen LogP contribution in [0.5, 0.6) is 0 Å². The van der Waals surface area contributed by atoms with Gasteiger partial charge in [0.15, 0.2) is 5.78 Å². The molecule has 2 aliphatic carbocycles. The van der Waals surface area contributed by atoms with Crippen molar-refractivity contribution in [1.29, 1.82) is 0 Å². The standard InChI is InChI=1S/C17H21ClO/c1-10-6-7-11-12(13(10)18)17(4)9-5-8-16(2,3)15(17)14(11)19/h6-7,15H,5,8-9H2,1-4H3. The topological polar surface area (TPSA) is 17.1 Å². The molecule has 19 heavy (non-hydrogen) atoms. The summed E-state index contributed by atoms with van der Waals surface area (Å²) in [7, 11) is 0. The molecule has 0 saturated heterocycles. The lowest BCUT2D eigenvalue weighted by Gasteiger charge is -2.46. The van der Waals surface area contributed by atoms with Gasteiger partial charge in [-0.25, -0.2) is 0 Å². The van der Waals surface area contributed by atoms with Gasteiger partial charge in [0, 0.05) is 21.9 Å². The number of Topliss-reactive ketones (excluding diaryl/α,β-unsaturated/α-hetero) is 1. The quantitative estimate of drug-likeness (QED) is 0.657. The molecule has 3 rings (SSSR count). The molecular formula is C17H21ClO. The number of rotatable bonds is 0. The summed E-state index contributed by atoms with van der Waals surface area (Å²) >= 11 is 6.55. The number of carbonyl (C=O) groups is 1. The van der Waals surface area contributed by atoms with Gasteiger partial charge in [-0.1, -0.05) is 50.9 Å². The SMILES string of the molecule is Cc1ccc2c(c1Cl)C1(C)CCCC(C)(C)C1C2=O. The van der Waals surface area contributed by atoms with Crippen LogP contribution >= 0.6 is 11.6 Å². The average molecular weight is 277 g/mol. The number of benzene rings is 1. The Bertz CT molecular complexity index is 573. The Balaban J connectivity index is 2.29. The largest absolute Gasteiger partial charge is 0.294 e. The predicted molar refractivity (Wildman–Crippen MR) is 79.0 cm³/mol. The van der Waals surface area contributed by atoms with Gasteiger partial charge in [0.2, 0.25) is 0 Å². The van der Waals surface area contributed by atoms with Crippen molar-refractivity contribution in [3.05, 3.63) is 33.8 Å². The maximum absolute atomic E-state index is 12.9. The van der Waals surface area contributed by atoms with Crippen LogP contribution in [0, 0.1) is 18.3 Å².